The molecule has 26 heavy (non-hydrogen) atoms. The lowest BCUT2D eigenvalue weighted by molar-refractivity contribution is -0.129. The lowest BCUT2D eigenvalue weighted by Gasteiger charge is -2.14. The van der Waals surface area contributed by atoms with Crippen LogP contribution in [0.25, 0.3) is 0 Å². The maximum atomic E-state index is 12.1. The Morgan fingerprint density at radius 1 is 1.04 bits per heavy atom. The molecule has 138 valence electrons. The molecule has 2 N–H and O–H groups in total. The molecule has 0 radical (unpaired) electrons. The molecule has 2 aromatic carbocycles. The van der Waals surface area contributed by atoms with Gasteiger partial charge in [-0.15, -0.1) is 0 Å². The van der Waals surface area contributed by atoms with Crippen molar-refractivity contribution in [3.63, 3.8) is 0 Å². The van der Waals surface area contributed by atoms with Crippen LogP contribution < -0.4 is 10.1 Å². The number of benzene rings is 2. The van der Waals surface area contributed by atoms with E-state index in [0.717, 1.165) is 11.3 Å². The molecule has 6 heteroatoms. The first kappa shape index (κ1) is 19.5. The molecule has 0 fully saturated rings. The van der Waals surface area contributed by atoms with Crippen LogP contribution in [0.1, 0.15) is 28.4 Å². The first-order chi connectivity index (χ1) is 12.5. The molecule has 0 unspecified atom stereocenters. The number of carbonyl (C=O) groups excluding carboxylic acids is 2. The zero-order valence-corrected chi connectivity index (χ0v) is 14.9. The van der Waals surface area contributed by atoms with Gasteiger partial charge in [-0.25, -0.2) is 4.79 Å². The Morgan fingerprint density at radius 2 is 1.65 bits per heavy atom. The van der Waals surface area contributed by atoms with Gasteiger partial charge in [0.25, 0.3) is 5.91 Å². The van der Waals surface area contributed by atoms with Crippen LogP contribution in [0.2, 0.25) is 0 Å². The van der Waals surface area contributed by atoms with E-state index >= 15 is 0 Å². The molecule has 6 nitrogen and oxygen atoms in total. The van der Waals surface area contributed by atoms with E-state index in [1.165, 1.54) is 6.92 Å². The largest absolute Gasteiger partial charge is 0.497 e. The van der Waals surface area contributed by atoms with Crippen LogP contribution in [0.4, 0.5) is 0 Å². The van der Waals surface area contributed by atoms with Crippen LogP contribution in [0, 0.1) is 0 Å². The molecule has 1 atom stereocenters. The van der Waals surface area contributed by atoms with Gasteiger partial charge in [0.2, 0.25) is 0 Å². The SMILES string of the molecule is COc1ccc(CCNC(=O)[C@@H](C)OC(=O)c2ccc(CO)cc2)cc1. The monoisotopic (exact) mass is 357 g/mol. The third kappa shape index (κ3) is 5.60. The van der Waals surface area contributed by atoms with Crippen LogP contribution in [0.15, 0.2) is 48.5 Å². The van der Waals surface area contributed by atoms with Gasteiger partial charge in [-0.2, -0.15) is 0 Å². The summed E-state index contributed by atoms with van der Waals surface area (Å²) in [6.07, 6.45) is -0.227. The zero-order valence-electron chi connectivity index (χ0n) is 14.9. The van der Waals surface area contributed by atoms with Crippen molar-refractivity contribution in [2.75, 3.05) is 13.7 Å². The highest BCUT2D eigenvalue weighted by Gasteiger charge is 2.18. The van der Waals surface area contributed by atoms with E-state index in [9.17, 15) is 9.59 Å². The molecule has 1 amide bonds. The number of ether oxygens (including phenoxy) is 2. The molecule has 0 aliphatic carbocycles. The summed E-state index contributed by atoms with van der Waals surface area (Å²) in [5.41, 5.74) is 2.10. The van der Waals surface area contributed by atoms with E-state index in [1.807, 2.05) is 24.3 Å². The van der Waals surface area contributed by atoms with Crippen LogP contribution in [0.3, 0.4) is 0 Å². The van der Waals surface area contributed by atoms with Crippen LogP contribution in [-0.2, 0) is 22.6 Å². The minimum absolute atomic E-state index is 0.0949. The molecule has 0 saturated heterocycles. The molecule has 0 aliphatic rings. The Labute approximate surface area is 152 Å². The maximum absolute atomic E-state index is 12.1. The summed E-state index contributed by atoms with van der Waals surface area (Å²) in [5.74, 6) is -0.142. The number of carbonyl (C=O) groups is 2. The molecular weight excluding hydrogens is 334 g/mol. The highest BCUT2D eigenvalue weighted by Crippen LogP contribution is 2.11. The average molecular weight is 357 g/mol. The first-order valence-electron chi connectivity index (χ1n) is 8.35. The predicted octanol–water partition coefficient (Wildman–Crippen LogP) is 2.09. The molecule has 0 bridgehead atoms. The van der Waals surface area contributed by atoms with E-state index in [2.05, 4.69) is 5.32 Å². The van der Waals surface area contributed by atoms with Gasteiger partial charge < -0.3 is 19.9 Å². The van der Waals surface area contributed by atoms with Gasteiger partial charge in [0, 0.05) is 6.54 Å². The van der Waals surface area contributed by atoms with Crippen molar-refractivity contribution < 1.29 is 24.2 Å². The fraction of sp³-hybridized carbons (Fsp3) is 0.300. The third-order valence-electron chi connectivity index (χ3n) is 3.90. The second-order valence-corrected chi connectivity index (χ2v) is 5.79. The molecule has 0 saturated carbocycles. The van der Waals surface area contributed by atoms with Crippen molar-refractivity contribution in [2.24, 2.45) is 0 Å². The lowest BCUT2D eigenvalue weighted by atomic mass is 10.1. The van der Waals surface area contributed by atoms with Gasteiger partial charge in [0.1, 0.15) is 5.75 Å². The van der Waals surface area contributed by atoms with Crippen molar-refractivity contribution in [1.82, 2.24) is 5.32 Å². The quantitative estimate of drug-likeness (QED) is 0.707. The van der Waals surface area contributed by atoms with E-state index in [1.54, 1.807) is 31.4 Å². The maximum Gasteiger partial charge on any atom is 0.338 e. The van der Waals surface area contributed by atoms with Gasteiger partial charge in [0.05, 0.1) is 19.3 Å². The van der Waals surface area contributed by atoms with Gasteiger partial charge in [-0.3, -0.25) is 4.79 Å². The molecule has 0 spiro atoms. The van der Waals surface area contributed by atoms with Crippen LogP contribution in [-0.4, -0.2) is 36.7 Å². The third-order valence-corrected chi connectivity index (χ3v) is 3.90. The summed E-state index contributed by atoms with van der Waals surface area (Å²) in [7, 11) is 1.61. The molecule has 0 aromatic heterocycles. The molecular formula is C20H23NO5. The average Bonchev–Trinajstić information content (AvgIpc) is 2.68. The number of amides is 1. The standard InChI is InChI=1S/C20H23NO5/c1-14(26-20(24)17-7-3-16(13-22)4-8-17)19(23)21-12-11-15-5-9-18(25-2)10-6-15/h3-10,14,22H,11-13H2,1-2H3,(H,21,23)/t14-/m1/s1. The van der Waals surface area contributed by atoms with Gasteiger partial charge in [-0.1, -0.05) is 24.3 Å². The van der Waals surface area contributed by atoms with E-state index in [-0.39, 0.29) is 12.5 Å². The first-order valence-corrected chi connectivity index (χ1v) is 8.35. The van der Waals surface area contributed by atoms with E-state index in [0.29, 0.717) is 24.1 Å². The van der Waals surface area contributed by atoms with Gasteiger partial charge in [-0.05, 0) is 48.7 Å². The Bertz CT molecular complexity index is 725. The summed E-state index contributed by atoms with van der Waals surface area (Å²) in [6, 6.07) is 14.0. The topological polar surface area (TPSA) is 84.9 Å². The Morgan fingerprint density at radius 3 is 2.23 bits per heavy atom. The summed E-state index contributed by atoms with van der Waals surface area (Å²) < 4.78 is 10.3. The van der Waals surface area contributed by atoms with E-state index in [4.69, 9.17) is 14.6 Å². The summed E-state index contributed by atoms with van der Waals surface area (Å²) >= 11 is 0. The number of nitrogens with one attached hydrogen (secondary N) is 1. The Hall–Kier alpha value is -2.86. The normalized spacial score (nSPS) is 11.5. The highest BCUT2D eigenvalue weighted by atomic mass is 16.5. The number of hydrogen-bond acceptors (Lipinski definition) is 5. The minimum Gasteiger partial charge on any atom is -0.497 e. The van der Waals surface area contributed by atoms with Gasteiger partial charge >= 0.3 is 5.97 Å². The fourth-order valence-corrected chi connectivity index (χ4v) is 2.29. The Kier molecular flexibility index (Phi) is 7.17. The van der Waals surface area contributed by atoms with Crippen molar-refractivity contribution in [1.29, 1.82) is 0 Å². The second kappa shape index (κ2) is 9.58. The minimum atomic E-state index is -0.893. The van der Waals surface area contributed by atoms with Crippen molar-refractivity contribution in [3.05, 3.63) is 65.2 Å². The lowest BCUT2D eigenvalue weighted by Crippen LogP contribution is -2.36. The highest BCUT2D eigenvalue weighted by molar-refractivity contribution is 5.92. The smallest absolute Gasteiger partial charge is 0.338 e. The number of aliphatic hydroxyl groups is 1. The van der Waals surface area contributed by atoms with Crippen molar-refractivity contribution in [2.45, 2.75) is 26.1 Å². The van der Waals surface area contributed by atoms with Crippen LogP contribution >= 0.6 is 0 Å². The number of methoxy groups -OCH3 is 1. The fourth-order valence-electron chi connectivity index (χ4n) is 2.29. The Balaban J connectivity index is 1.77. The number of aliphatic hydroxyl groups excluding tert-OH is 1. The van der Waals surface area contributed by atoms with Crippen LogP contribution in [0.5, 0.6) is 5.75 Å². The van der Waals surface area contributed by atoms with Gasteiger partial charge in [0.15, 0.2) is 6.10 Å². The van der Waals surface area contributed by atoms with Crippen molar-refractivity contribution >= 4 is 11.9 Å². The van der Waals surface area contributed by atoms with E-state index < -0.39 is 12.1 Å². The number of rotatable bonds is 8. The number of hydrogen-bond donors (Lipinski definition) is 2. The zero-order chi connectivity index (χ0) is 18.9. The molecule has 2 aromatic rings. The summed E-state index contributed by atoms with van der Waals surface area (Å²) in [6.45, 7) is 1.88. The molecule has 0 heterocycles. The molecule has 2 rings (SSSR count). The summed E-state index contributed by atoms with van der Waals surface area (Å²) in [4.78, 5) is 24.1. The second-order valence-electron chi connectivity index (χ2n) is 5.79. The predicted molar refractivity (Wildman–Crippen MR) is 97.0 cm³/mol. The molecule has 0 aliphatic heterocycles. The number of esters is 1. The summed E-state index contributed by atoms with van der Waals surface area (Å²) in [5, 5.41) is 11.8. The van der Waals surface area contributed by atoms with Crippen molar-refractivity contribution in [3.8, 4) is 5.75 Å².